The predicted octanol–water partition coefficient (Wildman–Crippen LogP) is 4.18. The first-order valence-electron chi connectivity index (χ1n) is 6.87. The number of halogens is 4. The van der Waals surface area contributed by atoms with Crippen molar-refractivity contribution in [1.29, 1.82) is 0 Å². The van der Waals surface area contributed by atoms with E-state index in [0.29, 0.717) is 20.6 Å². The SMILES string of the molecule is O=C(CNC(=O)c1ccc(Cl)cc1Cl)N/N=C/c1ccc(Cl)c(Cl)c1. The van der Waals surface area contributed by atoms with Gasteiger partial charge in [0.25, 0.3) is 11.8 Å². The Labute approximate surface area is 163 Å². The van der Waals surface area contributed by atoms with Gasteiger partial charge in [0.1, 0.15) is 0 Å². The van der Waals surface area contributed by atoms with Crippen molar-refractivity contribution in [1.82, 2.24) is 10.7 Å². The van der Waals surface area contributed by atoms with E-state index in [1.807, 2.05) is 0 Å². The molecule has 0 aliphatic rings. The molecule has 9 heteroatoms. The fourth-order valence-corrected chi connectivity index (χ4v) is 2.54. The van der Waals surface area contributed by atoms with Gasteiger partial charge in [-0.1, -0.05) is 52.5 Å². The van der Waals surface area contributed by atoms with E-state index < -0.39 is 11.8 Å². The molecule has 2 rings (SSSR count). The van der Waals surface area contributed by atoms with Crippen LogP contribution in [0.3, 0.4) is 0 Å². The molecule has 0 fully saturated rings. The minimum atomic E-state index is -0.505. The second kappa shape index (κ2) is 9.06. The van der Waals surface area contributed by atoms with Gasteiger partial charge in [-0.2, -0.15) is 5.10 Å². The van der Waals surface area contributed by atoms with Crippen LogP contribution < -0.4 is 10.7 Å². The number of carbonyl (C=O) groups is 2. The summed E-state index contributed by atoms with van der Waals surface area (Å²) in [4.78, 5) is 23.6. The minimum absolute atomic E-state index is 0.197. The molecule has 130 valence electrons. The molecule has 2 amide bonds. The fourth-order valence-electron chi connectivity index (χ4n) is 1.74. The van der Waals surface area contributed by atoms with Gasteiger partial charge in [0, 0.05) is 5.02 Å². The Morgan fingerprint density at radius 3 is 2.40 bits per heavy atom. The predicted molar refractivity (Wildman–Crippen MR) is 101 cm³/mol. The first kappa shape index (κ1) is 19.5. The van der Waals surface area contributed by atoms with E-state index in [1.54, 1.807) is 18.2 Å². The maximum absolute atomic E-state index is 12.0. The van der Waals surface area contributed by atoms with Crippen LogP contribution in [-0.2, 0) is 4.79 Å². The van der Waals surface area contributed by atoms with E-state index in [9.17, 15) is 9.59 Å². The summed E-state index contributed by atoms with van der Waals surface area (Å²) in [5.41, 5.74) is 3.16. The molecule has 2 aromatic carbocycles. The third-order valence-corrected chi connectivity index (χ3v) is 4.22. The van der Waals surface area contributed by atoms with Gasteiger partial charge >= 0.3 is 0 Å². The molecule has 5 nitrogen and oxygen atoms in total. The molecule has 0 aliphatic carbocycles. The molecule has 0 atom stereocenters. The molecule has 2 N–H and O–H groups in total. The van der Waals surface area contributed by atoms with E-state index in [0.717, 1.165) is 0 Å². The quantitative estimate of drug-likeness (QED) is 0.564. The van der Waals surface area contributed by atoms with Gasteiger partial charge in [-0.25, -0.2) is 5.43 Å². The van der Waals surface area contributed by atoms with Gasteiger partial charge in [-0.15, -0.1) is 0 Å². The number of amides is 2. The zero-order valence-electron chi connectivity index (χ0n) is 12.5. The summed E-state index contributed by atoms with van der Waals surface area (Å²) >= 11 is 23.4. The van der Waals surface area contributed by atoms with Crippen molar-refractivity contribution in [3.63, 3.8) is 0 Å². The van der Waals surface area contributed by atoms with Crippen molar-refractivity contribution >= 4 is 64.4 Å². The van der Waals surface area contributed by atoms with Gasteiger partial charge < -0.3 is 5.32 Å². The first-order chi connectivity index (χ1) is 11.9. The number of nitrogens with one attached hydrogen (secondary N) is 2. The lowest BCUT2D eigenvalue weighted by atomic mass is 10.2. The van der Waals surface area contributed by atoms with Crippen LogP contribution in [0, 0.1) is 0 Å². The molecular formula is C16H11Cl4N3O2. The smallest absolute Gasteiger partial charge is 0.259 e. The molecule has 0 aromatic heterocycles. The van der Waals surface area contributed by atoms with Crippen LogP contribution in [0.25, 0.3) is 0 Å². The van der Waals surface area contributed by atoms with Crippen LogP contribution in [0.4, 0.5) is 0 Å². The maximum atomic E-state index is 12.0. The standard InChI is InChI=1S/C16H11Cl4N3O2/c17-10-2-3-11(13(19)6-10)16(25)21-8-15(24)23-22-7-9-1-4-12(18)14(20)5-9/h1-7H,8H2,(H,21,25)(H,23,24)/b22-7+. The summed E-state index contributed by atoms with van der Waals surface area (Å²) in [6.07, 6.45) is 1.40. The molecule has 2 aromatic rings. The number of carbonyl (C=O) groups excluding carboxylic acids is 2. The molecular weight excluding hydrogens is 408 g/mol. The molecule has 0 radical (unpaired) electrons. The van der Waals surface area contributed by atoms with E-state index in [4.69, 9.17) is 46.4 Å². The largest absolute Gasteiger partial charge is 0.343 e. The van der Waals surface area contributed by atoms with Crippen molar-refractivity contribution in [2.24, 2.45) is 5.10 Å². The molecule has 0 saturated heterocycles. The molecule has 0 saturated carbocycles. The van der Waals surface area contributed by atoms with Gasteiger partial charge in [0.15, 0.2) is 0 Å². The second-order valence-corrected chi connectivity index (χ2v) is 6.43. The molecule has 0 aliphatic heterocycles. The van der Waals surface area contributed by atoms with Gasteiger partial charge in [0.2, 0.25) is 0 Å². The minimum Gasteiger partial charge on any atom is -0.343 e. The van der Waals surface area contributed by atoms with E-state index in [1.165, 1.54) is 24.4 Å². The third kappa shape index (κ3) is 5.90. The number of hydrazone groups is 1. The Morgan fingerprint density at radius 1 is 0.960 bits per heavy atom. The Morgan fingerprint density at radius 2 is 1.72 bits per heavy atom. The summed E-state index contributed by atoms with van der Waals surface area (Å²) in [6.45, 7) is -0.267. The van der Waals surface area contributed by atoms with Crippen molar-refractivity contribution in [2.75, 3.05) is 6.54 Å². The second-order valence-electron chi connectivity index (χ2n) is 4.77. The lowest BCUT2D eigenvalue weighted by Gasteiger charge is -2.06. The number of hydrogen-bond donors (Lipinski definition) is 2. The highest BCUT2D eigenvalue weighted by molar-refractivity contribution is 6.42. The Hall–Kier alpha value is -1.79. The summed E-state index contributed by atoms with van der Waals surface area (Å²) in [6, 6.07) is 9.35. The van der Waals surface area contributed by atoms with Crippen LogP contribution in [0.1, 0.15) is 15.9 Å². The Kier molecular flexibility index (Phi) is 7.08. The Balaban J connectivity index is 1.84. The highest BCUT2D eigenvalue weighted by Crippen LogP contribution is 2.22. The average Bonchev–Trinajstić information content (AvgIpc) is 2.56. The average molecular weight is 419 g/mol. The highest BCUT2D eigenvalue weighted by atomic mass is 35.5. The van der Waals surface area contributed by atoms with Crippen LogP contribution in [0.5, 0.6) is 0 Å². The zero-order valence-corrected chi connectivity index (χ0v) is 15.5. The van der Waals surface area contributed by atoms with E-state index >= 15 is 0 Å². The summed E-state index contributed by atoms with van der Waals surface area (Å²) < 4.78 is 0. The van der Waals surface area contributed by atoms with Gasteiger partial charge in [0.05, 0.1) is 33.4 Å². The van der Waals surface area contributed by atoms with Crippen molar-refractivity contribution < 1.29 is 9.59 Å². The van der Waals surface area contributed by atoms with Crippen molar-refractivity contribution in [3.8, 4) is 0 Å². The summed E-state index contributed by atoms with van der Waals surface area (Å²) in [5, 5.41) is 7.62. The Bertz CT molecular complexity index is 840. The number of hydrogen-bond acceptors (Lipinski definition) is 3. The summed E-state index contributed by atoms with van der Waals surface area (Å²) in [5.74, 6) is -1.000. The lowest BCUT2D eigenvalue weighted by Crippen LogP contribution is -2.35. The number of benzene rings is 2. The molecule has 0 heterocycles. The first-order valence-corrected chi connectivity index (χ1v) is 8.38. The maximum Gasteiger partial charge on any atom is 0.259 e. The van der Waals surface area contributed by atoms with Crippen LogP contribution in [-0.4, -0.2) is 24.6 Å². The fraction of sp³-hybridized carbons (Fsp3) is 0.0625. The summed E-state index contributed by atoms with van der Waals surface area (Å²) in [7, 11) is 0. The lowest BCUT2D eigenvalue weighted by molar-refractivity contribution is -0.120. The van der Waals surface area contributed by atoms with E-state index in [2.05, 4.69) is 15.8 Å². The molecule has 25 heavy (non-hydrogen) atoms. The highest BCUT2D eigenvalue weighted by Gasteiger charge is 2.11. The molecule has 0 bridgehead atoms. The normalized spacial score (nSPS) is 10.7. The van der Waals surface area contributed by atoms with E-state index in [-0.39, 0.29) is 17.1 Å². The van der Waals surface area contributed by atoms with Crippen LogP contribution in [0.15, 0.2) is 41.5 Å². The molecule has 0 spiro atoms. The number of nitrogens with zero attached hydrogens (tertiary/aromatic N) is 1. The van der Waals surface area contributed by atoms with Crippen LogP contribution in [0.2, 0.25) is 20.1 Å². The van der Waals surface area contributed by atoms with Crippen molar-refractivity contribution in [2.45, 2.75) is 0 Å². The van der Waals surface area contributed by atoms with Crippen molar-refractivity contribution in [3.05, 3.63) is 67.6 Å². The van der Waals surface area contributed by atoms with Gasteiger partial charge in [-0.05, 0) is 35.9 Å². The van der Waals surface area contributed by atoms with Gasteiger partial charge in [-0.3, -0.25) is 9.59 Å². The monoisotopic (exact) mass is 417 g/mol. The van der Waals surface area contributed by atoms with Crippen LogP contribution >= 0.6 is 46.4 Å². The molecule has 0 unspecified atom stereocenters. The third-order valence-electron chi connectivity index (χ3n) is 2.93. The topological polar surface area (TPSA) is 70.6 Å². The number of rotatable bonds is 5. The zero-order chi connectivity index (χ0) is 18.4.